The van der Waals surface area contributed by atoms with Crippen LogP contribution in [0.15, 0.2) is 78.9 Å². The van der Waals surface area contributed by atoms with Gasteiger partial charge in [-0.25, -0.2) is 9.78 Å². The van der Waals surface area contributed by atoms with Gasteiger partial charge in [-0.15, -0.1) is 0 Å². The van der Waals surface area contributed by atoms with Gasteiger partial charge in [0, 0.05) is 21.5 Å². The number of ether oxygens (including phenoxy) is 1. The van der Waals surface area contributed by atoms with Crippen LogP contribution in [0.4, 0.5) is 5.69 Å². The van der Waals surface area contributed by atoms with Crippen molar-refractivity contribution in [1.82, 2.24) is 4.98 Å². The van der Waals surface area contributed by atoms with Gasteiger partial charge in [0.15, 0.2) is 12.4 Å². The molecule has 1 saturated heterocycles. The predicted octanol–water partition coefficient (Wildman–Crippen LogP) is 6.13. The molecule has 0 unspecified atom stereocenters. The molecule has 41 heavy (non-hydrogen) atoms. The summed E-state index contributed by atoms with van der Waals surface area (Å²) >= 11 is 5.90. The Labute approximate surface area is 241 Å². The van der Waals surface area contributed by atoms with E-state index in [-0.39, 0.29) is 35.0 Å². The van der Waals surface area contributed by atoms with Gasteiger partial charge in [-0.2, -0.15) is 0 Å². The highest BCUT2D eigenvalue weighted by molar-refractivity contribution is 6.30. The van der Waals surface area contributed by atoms with Crippen molar-refractivity contribution in [2.45, 2.75) is 19.3 Å². The lowest BCUT2D eigenvalue weighted by Crippen LogP contribution is -2.32. The molecule has 4 atom stereocenters. The molecule has 2 bridgehead atoms. The van der Waals surface area contributed by atoms with Crippen molar-refractivity contribution in [2.24, 2.45) is 23.7 Å². The number of hydrogen-bond acceptors (Lipinski definition) is 6. The maximum atomic E-state index is 13.4. The number of fused-ring (bicyclic) bond motifs is 6. The quantitative estimate of drug-likeness (QED) is 0.159. The van der Waals surface area contributed by atoms with Crippen molar-refractivity contribution < 1.29 is 23.9 Å². The van der Waals surface area contributed by atoms with Crippen LogP contribution in [-0.2, 0) is 14.3 Å². The van der Waals surface area contributed by atoms with E-state index < -0.39 is 12.6 Å². The summed E-state index contributed by atoms with van der Waals surface area (Å²) in [6, 6.07) is 22.3. The van der Waals surface area contributed by atoms with Crippen LogP contribution in [0, 0.1) is 23.7 Å². The van der Waals surface area contributed by atoms with E-state index in [0.717, 1.165) is 19.3 Å². The normalized spacial score (nSPS) is 22.8. The number of nitrogens with zero attached hydrogens (tertiary/aromatic N) is 2. The van der Waals surface area contributed by atoms with Gasteiger partial charge in [-0.1, -0.05) is 41.9 Å². The SMILES string of the molecule is O=C(COC(=O)c1cc(-c2cccc(N3C(=O)[C@H]4[C@H]5CC[C@@H](C5)[C@@H]4C3=O)c2)nc2ccccc12)c1ccc(Cl)cc1. The number of rotatable bonds is 6. The van der Waals surface area contributed by atoms with Crippen molar-refractivity contribution in [3.05, 3.63) is 95.0 Å². The summed E-state index contributed by atoms with van der Waals surface area (Å²) in [5.41, 5.74) is 2.88. The summed E-state index contributed by atoms with van der Waals surface area (Å²) in [5, 5.41) is 1.09. The fourth-order valence-corrected chi connectivity index (χ4v) is 7.01. The molecule has 7 rings (SSSR count). The zero-order valence-corrected chi connectivity index (χ0v) is 22.7. The van der Waals surface area contributed by atoms with Gasteiger partial charge in [0.2, 0.25) is 11.8 Å². The van der Waals surface area contributed by atoms with Gasteiger partial charge in [-0.3, -0.25) is 19.3 Å². The average molecular weight is 565 g/mol. The molecule has 2 amide bonds. The number of carbonyl (C=O) groups is 4. The summed E-state index contributed by atoms with van der Waals surface area (Å²) in [4.78, 5) is 58.7. The van der Waals surface area contributed by atoms with E-state index in [2.05, 4.69) is 0 Å². The Morgan fingerprint density at radius 3 is 2.32 bits per heavy atom. The Balaban J connectivity index is 1.19. The highest BCUT2D eigenvalue weighted by atomic mass is 35.5. The number of esters is 1. The number of pyridine rings is 1. The molecule has 3 aliphatic rings. The van der Waals surface area contributed by atoms with Crippen LogP contribution in [0.2, 0.25) is 5.02 Å². The summed E-state index contributed by atoms with van der Waals surface area (Å²) in [6.45, 7) is -0.425. The van der Waals surface area contributed by atoms with E-state index in [1.54, 1.807) is 66.7 Å². The fourth-order valence-electron chi connectivity index (χ4n) is 6.89. The summed E-state index contributed by atoms with van der Waals surface area (Å²) in [6.07, 6.45) is 3.01. The van der Waals surface area contributed by atoms with Gasteiger partial charge in [0.1, 0.15) is 0 Å². The first-order valence-corrected chi connectivity index (χ1v) is 14.1. The topological polar surface area (TPSA) is 93.6 Å². The van der Waals surface area contributed by atoms with Crippen molar-refractivity contribution in [2.75, 3.05) is 11.5 Å². The smallest absolute Gasteiger partial charge is 0.339 e. The van der Waals surface area contributed by atoms with E-state index in [0.29, 0.717) is 50.3 Å². The molecule has 1 aromatic heterocycles. The van der Waals surface area contributed by atoms with E-state index >= 15 is 0 Å². The monoisotopic (exact) mass is 564 g/mol. The molecule has 2 heterocycles. The number of anilines is 1. The summed E-state index contributed by atoms with van der Waals surface area (Å²) < 4.78 is 5.43. The van der Waals surface area contributed by atoms with Crippen LogP contribution in [0.1, 0.15) is 40.0 Å². The van der Waals surface area contributed by atoms with E-state index in [9.17, 15) is 19.2 Å². The lowest BCUT2D eigenvalue weighted by atomic mass is 9.81. The van der Waals surface area contributed by atoms with Gasteiger partial charge in [0.25, 0.3) is 0 Å². The first kappa shape index (κ1) is 25.6. The Kier molecular flexibility index (Phi) is 6.20. The van der Waals surface area contributed by atoms with Crippen LogP contribution in [0.25, 0.3) is 22.2 Å². The van der Waals surface area contributed by atoms with E-state index in [4.69, 9.17) is 21.3 Å². The molecule has 0 radical (unpaired) electrons. The molecule has 0 spiro atoms. The van der Waals surface area contributed by atoms with Gasteiger partial charge < -0.3 is 4.74 Å². The maximum absolute atomic E-state index is 13.4. The third-order valence-electron chi connectivity index (χ3n) is 8.76. The van der Waals surface area contributed by atoms with Crippen LogP contribution < -0.4 is 4.90 Å². The number of Topliss-reactive ketones (excluding diaryl/α,β-unsaturated/α-hetero) is 1. The molecule has 3 fully saturated rings. The average Bonchev–Trinajstić information content (AvgIpc) is 3.69. The minimum atomic E-state index is -0.656. The van der Waals surface area contributed by atoms with E-state index in [1.165, 1.54) is 4.90 Å². The number of halogens is 1. The highest BCUT2D eigenvalue weighted by Gasteiger charge is 2.61. The number of benzene rings is 3. The molecule has 3 aromatic carbocycles. The first-order valence-electron chi connectivity index (χ1n) is 13.7. The third kappa shape index (κ3) is 4.32. The largest absolute Gasteiger partial charge is 0.454 e. The number of ketones is 1. The van der Waals surface area contributed by atoms with Gasteiger partial charge in [-0.05, 0) is 79.6 Å². The van der Waals surface area contributed by atoms with E-state index in [1.807, 2.05) is 12.1 Å². The number of hydrogen-bond donors (Lipinski definition) is 0. The number of amides is 2. The minimum absolute atomic E-state index is 0.106. The molecule has 4 aromatic rings. The standard InChI is InChI=1S/C33H25ClN2O5/c34-22-12-10-18(11-13-22)28(37)17-41-33(40)25-16-27(35-26-7-2-1-6-24(25)26)19-4-3-5-23(15-19)36-31(38)29-20-8-9-21(14-20)30(29)32(36)39/h1-7,10-13,15-16,20-21,29-30H,8-9,14,17H2/t20-,21-,29-,30-/m0/s1. The molecule has 7 nitrogen and oxygen atoms in total. The van der Waals surface area contributed by atoms with Crippen LogP contribution in [-0.4, -0.2) is 35.2 Å². The van der Waals surface area contributed by atoms with Crippen molar-refractivity contribution in [3.8, 4) is 11.3 Å². The zero-order valence-electron chi connectivity index (χ0n) is 22.0. The summed E-state index contributed by atoms with van der Waals surface area (Å²) in [5.74, 6) is -1.03. The van der Waals surface area contributed by atoms with Crippen molar-refractivity contribution in [3.63, 3.8) is 0 Å². The minimum Gasteiger partial charge on any atom is -0.454 e. The Morgan fingerprint density at radius 1 is 0.878 bits per heavy atom. The van der Waals surface area contributed by atoms with Crippen molar-refractivity contribution in [1.29, 1.82) is 0 Å². The Hall–Kier alpha value is -4.36. The fraction of sp³-hybridized carbons (Fsp3) is 0.242. The summed E-state index contributed by atoms with van der Waals surface area (Å²) in [7, 11) is 0. The lowest BCUT2D eigenvalue weighted by Gasteiger charge is -2.19. The molecule has 0 N–H and O–H groups in total. The van der Waals surface area contributed by atoms with Crippen LogP contribution in [0.5, 0.6) is 0 Å². The van der Waals surface area contributed by atoms with Crippen LogP contribution in [0.3, 0.4) is 0 Å². The predicted molar refractivity (Wildman–Crippen MR) is 154 cm³/mol. The second kappa shape index (κ2) is 9.93. The Bertz CT molecular complexity index is 1720. The first-order chi connectivity index (χ1) is 19.9. The number of aromatic nitrogens is 1. The van der Waals surface area contributed by atoms with Crippen LogP contribution >= 0.6 is 11.6 Å². The maximum Gasteiger partial charge on any atom is 0.339 e. The van der Waals surface area contributed by atoms with Crippen molar-refractivity contribution >= 4 is 51.8 Å². The molecule has 8 heteroatoms. The molecular weight excluding hydrogens is 540 g/mol. The molecular formula is C33H25ClN2O5. The highest BCUT2D eigenvalue weighted by Crippen LogP contribution is 2.56. The third-order valence-corrected chi connectivity index (χ3v) is 9.02. The molecule has 2 aliphatic carbocycles. The number of imide groups is 1. The molecule has 204 valence electrons. The lowest BCUT2D eigenvalue weighted by molar-refractivity contribution is -0.123. The molecule has 1 aliphatic heterocycles. The van der Waals surface area contributed by atoms with Gasteiger partial charge >= 0.3 is 5.97 Å². The second-order valence-corrected chi connectivity index (χ2v) is 11.5. The number of carbonyl (C=O) groups excluding carboxylic acids is 4. The number of para-hydroxylation sites is 1. The van der Waals surface area contributed by atoms with Gasteiger partial charge in [0.05, 0.1) is 34.3 Å². The second-order valence-electron chi connectivity index (χ2n) is 11.0. The zero-order chi connectivity index (χ0) is 28.2. The molecule has 2 saturated carbocycles. The Morgan fingerprint density at radius 2 is 1.59 bits per heavy atom.